The van der Waals surface area contributed by atoms with Crippen LogP contribution in [0.1, 0.15) is 30.6 Å². The second kappa shape index (κ2) is 6.10. The maximum Gasteiger partial charge on any atom is 0.254 e. The molecule has 0 saturated carbocycles. The molecule has 1 aromatic rings. The van der Waals surface area contributed by atoms with E-state index in [2.05, 4.69) is 17.2 Å². The summed E-state index contributed by atoms with van der Waals surface area (Å²) < 4.78 is 0. The van der Waals surface area contributed by atoms with Gasteiger partial charge in [0.25, 0.3) is 5.91 Å². The Bertz CT molecular complexity index is 352. The van der Waals surface area contributed by atoms with Gasteiger partial charge in [-0.25, -0.2) is 4.98 Å². The second-order valence-electron chi connectivity index (χ2n) is 3.56. The highest BCUT2D eigenvalue weighted by atomic mass is 16.2. The van der Waals surface area contributed by atoms with E-state index in [-0.39, 0.29) is 5.91 Å². The fourth-order valence-corrected chi connectivity index (χ4v) is 1.56. The Morgan fingerprint density at radius 2 is 2.25 bits per heavy atom. The van der Waals surface area contributed by atoms with Crippen LogP contribution in [0.25, 0.3) is 0 Å². The molecule has 0 aliphatic carbocycles. The molecule has 0 spiro atoms. The number of nitrogens with zero attached hydrogens (tertiary/aromatic N) is 2. The van der Waals surface area contributed by atoms with E-state index in [9.17, 15) is 4.79 Å². The third-order valence-corrected chi connectivity index (χ3v) is 2.43. The Kier molecular flexibility index (Phi) is 4.76. The van der Waals surface area contributed by atoms with Gasteiger partial charge < -0.3 is 10.2 Å². The predicted octanol–water partition coefficient (Wildman–Crippen LogP) is 2.00. The van der Waals surface area contributed by atoms with E-state index in [1.165, 1.54) is 0 Å². The minimum Gasteiger partial charge on any atom is -0.373 e. The zero-order chi connectivity index (χ0) is 12.0. The Hall–Kier alpha value is -1.58. The third-order valence-electron chi connectivity index (χ3n) is 2.43. The Morgan fingerprint density at radius 3 is 2.81 bits per heavy atom. The van der Waals surface area contributed by atoms with Crippen LogP contribution in [0.2, 0.25) is 0 Å². The first-order valence-corrected chi connectivity index (χ1v) is 5.66. The molecule has 4 heteroatoms. The Labute approximate surface area is 96.7 Å². The van der Waals surface area contributed by atoms with Gasteiger partial charge in [-0.05, 0) is 25.5 Å². The van der Waals surface area contributed by atoms with Crippen molar-refractivity contribution in [2.45, 2.75) is 20.3 Å². The van der Waals surface area contributed by atoms with Crippen molar-refractivity contribution in [3.63, 3.8) is 0 Å². The van der Waals surface area contributed by atoms with Gasteiger partial charge in [-0.2, -0.15) is 0 Å². The maximum atomic E-state index is 12.1. The summed E-state index contributed by atoms with van der Waals surface area (Å²) in [5.74, 6) is 0.793. The van der Waals surface area contributed by atoms with Crippen molar-refractivity contribution in [3.05, 3.63) is 23.9 Å². The molecule has 1 rings (SSSR count). The number of pyridine rings is 1. The van der Waals surface area contributed by atoms with E-state index in [0.29, 0.717) is 5.56 Å². The molecule has 16 heavy (non-hydrogen) atoms. The van der Waals surface area contributed by atoms with Crippen molar-refractivity contribution in [3.8, 4) is 0 Å². The van der Waals surface area contributed by atoms with Gasteiger partial charge in [-0.15, -0.1) is 0 Å². The number of rotatable bonds is 5. The quantitative estimate of drug-likeness (QED) is 0.827. The van der Waals surface area contributed by atoms with Gasteiger partial charge in [0, 0.05) is 31.9 Å². The number of carbonyl (C=O) groups is 1. The molecular formula is C12H19N3O. The molecule has 1 aromatic heterocycles. The summed E-state index contributed by atoms with van der Waals surface area (Å²) in [6.45, 7) is 5.60. The smallest absolute Gasteiger partial charge is 0.254 e. The first-order valence-electron chi connectivity index (χ1n) is 5.66. The predicted molar refractivity (Wildman–Crippen MR) is 65.7 cm³/mol. The molecule has 0 aromatic carbocycles. The summed E-state index contributed by atoms with van der Waals surface area (Å²) in [7, 11) is 1.79. The lowest BCUT2D eigenvalue weighted by Gasteiger charge is -2.20. The van der Waals surface area contributed by atoms with Gasteiger partial charge >= 0.3 is 0 Å². The van der Waals surface area contributed by atoms with E-state index in [4.69, 9.17) is 0 Å². The summed E-state index contributed by atoms with van der Waals surface area (Å²) in [5.41, 5.74) is 0.689. The van der Waals surface area contributed by atoms with Crippen molar-refractivity contribution in [2.24, 2.45) is 0 Å². The molecule has 0 radical (unpaired) electrons. The topological polar surface area (TPSA) is 45.2 Å². The standard InChI is InChI=1S/C12H19N3O/c1-4-8-15(5-2)12(16)10-6-7-14-11(9-10)13-3/h6-7,9H,4-5,8H2,1-3H3,(H,13,14). The Morgan fingerprint density at radius 1 is 1.50 bits per heavy atom. The summed E-state index contributed by atoms with van der Waals surface area (Å²) >= 11 is 0. The Balaban J connectivity index is 2.85. The van der Waals surface area contributed by atoms with Crippen LogP contribution < -0.4 is 5.32 Å². The van der Waals surface area contributed by atoms with Crippen LogP contribution in [0.15, 0.2) is 18.3 Å². The first kappa shape index (κ1) is 12.5. The highest BCUT2D eigenvalue weighted by Gasteiger charge is 2.13. The fourth-order valence-electron chi connectivity index (χ4n) is 1.56. The molecule has 88 valence electrons. The number of hydrogen-bond donors (Lipinski definition) is 1. The van der Waals surface area contributed by atoms with E-state index in [1.54, 1.807) is 25.4 Å². The molecule has 1 N–H and O–H groups in total. The number of anilines is 1. The lowest BCUT2D eigenvalue weighted by Crippen LogP contribution is -2.31. The van der Waals surface area contributed by atoms with Gasteiger partial charge in [0.2, 0.25) is 0 Å². The normalized spacial score (nSPS) is 9.94. The van der Waals surface area contributed by atoms with Crippen LogP contribution in [0, 0.1) is 0 Å². The molecule has 0 aliphatic rings. The second-order valence-corrected chi connectivity index (χ2v) is 3.56. The summed E-state index contributed by atoms with van der Waals surface area (Å²) in [6.07, 6.45) is 2.63. The average Bonchev–Trinajstić information content (AvgIpc) is 2.35. The lowest BCUT2D eigenvalue weighted by molar-refractivity contribution is 0.0764. The molecule has 4 nitrogen and oxygen atoms in total. The van der Waals surface area contributed by atoms with Crippen molar-refractivity contribution < 1.29 is 4.79 Å². The van der Waals surface area contributed by atoms with Gasteiger partial charge in [0.05, 0.1) is 0 Å². The van der Waals surface area contributed by atoms with Crippen molar-refractivity contribution in [1.29, 1.82) is 0 Å². The van der Waals surface area contributed by atoms with Crippen LogP contribution in [0.3, 0.4) is 0 Å². The summed E-state index contributed by atoms with van der Waals surface area (Å²) in [4.78, 5) is 18.0. The zero-order valence-electron chi connectivity index (χ0n) is 10.2. The van der Waals surface area contributed by atoms with Gasteiger partial charge in [0.15, 0.2) is 0 Å². The molecule has 0 fully saturated rings. The minimum absolute atomic E-state index is 0.0725. The maximum absolute atomic E-state index is 12.1. The molecule has 0 atom stereocenters. The van der Waals surface area contributed by atoms with Crippen LogP contribution in [0.5, 0.6) is 0 Å². The van der Waals surface area contributed by atoms with Crippen LogP contribution in [-0.4, -0.2) is 35.9 Å². The molecule has 0 saturated heterocycles. The summed E-state index contributed by atoms with van der Waals surface area (Å²) in [6, 6.07) is 3.53. The molecular weight excluding hydrogens is 202 g/mol. The molecule has 1 heterocycles. The fraction of sp³-hybridized carbons (Fsp3) is 0.500. The number of hydrogen-bond acceptors (Lipinski definition) is 3. The number of nitrogens with one attached hydrogen (secondary N) is 1. The number of carbonyl (C=O) groups excluding carboxylic acids is 1. The van der Waals surface area contributed by atoms with Crippen LogP contribution in [-0.2, 0) is 0 Å². The summed E-state index contributed by atoms with van der Waals surface area (Å²) in [5, 5.41) is 2.93. The van der Waals surface area contributed by atoms with E-state index in [0.717, 1.165) is 25.3 Å². The first-order chi connectivity index (χ1) is 7.72. The molecule has 0 bridgehead atoms. The number of amides is 1. The highest BCUT2D eigenvalue weighted by Crippen LogP contribution is 2.09. The van der Waals surface area contributed by atoms with Crippen molar-refractivity contribution in [1.82, 2.24) is 9.88 Å². The van der Waals surface area contributed by atoms with E-state index < -0.39 is 0 Å². The van der Waals surface area contributed by atoms with Gasteiger partial charge in [-0.1, -0.05) is 6.92 Å². The van der Waals surface area contributed by atoms with Crippen molar-refractivity contribution in [2.75, 3.05) is 25.5 Å². The van der Waals surface area contributed by atoms with E-state index in [1.807, 2.05) is 11.8 Å². The van der Waals surface area contributed by atoms with Crippen LogP contribution >= 0.6 is 0 Å². The number of aromatic nitrogens is 1. The highest BCUT2D eigenvalue weighted by molar-refractivity contribution is 5.94. The average molecular weight is 221 g/mol. The minimum atomic E-state index is 0.0725. The van der Waals surface area contributed by atoms with Gasteiger partial charge in [0.1, 0.15) is 5.82 Å². The third kappa shape index (κ3) is 2.95. The zero-order valence-corrected chi connectivity index (χ0v) is 10.2. The largest absolute Gasteiger partial charge is 0.373 e. The molecule has 0 unspecified atom stereocenters. The molecule has 1 amide bonds. The van der Waals surface area contributed by atoms with Crippen molar-refractivity contribution >= 4 is 11.7 Å². The monoisotopic (exact) mass is 221 g/mol. The molecule has 0 aliphatic heterocycles. The van der Waals surface area contributed by atoms with E-state index >= 15 is 0 Å². The van der Waals surface area contributed by atoms with Crippen LogP contribution in [0.4, 0.5) is 5.82 Å². The van der Waals surface area contributed by atoms with Gasteiger partial charge in [-0.3, -0.25) is 4.79 Å². The SMILES string of the molecule is CCCN(CC)C(=O)c1ccnc(NC)c1. The lowest BCUT2D eigenvalue weighted by atomic mass is 10.2.